The van der Waals surface area contributed by atoms with Crippen molar-refractivity contribution in [2.24, 2.45) is 9.98 Å². The first-order chi connectivity index (χ1) is 9.98. The van der Waals surface area contributed by atoms with Gasteiger partial charge in [-0.25, -0.2) is 9.98 Å². The standard InChI is InChI=1S/C12H15F6N3O/c1-7-19-10(11(13,14)15,12(16,17)18)20-8(2)21(7)6-9-4-3-5-22-9/h9H,3-6H2,1-2H3. The van der Waals surface area contributed by atoms with Gasteiger partial charge in [-0.1, -0.05) is 0 Å². The first-order valence-electron chi connectivity index (χ1n) is 6.63. The maximum atomic E-state index is 13.0. The van der Waals surface area contributed by atoms with E-state index in [9.17, 15) is 26.3 Å². The van der Waals surface area contributed by atoms with Crippen LogP contribution in [0.2, 0.25) is 0 Å². The van der Waals surface area contributed by atoms with E-state index >= 15 is 0 Å². The minimum Gasteiger partial charge on any atom is -0.376 e. The molecule has 0 aromatic rings. The molecule has 2 rings (SSSR count). The van der Waals surface area contributed by atoms with Crippen LogP contribution in [0, 0.1) is 0 Å². The molecule has 1 saturated heterocycles. The molecule has 0 saturated carbocycles. The number of nitrogens with zero attached hydrogens (tertiary/aromatic N) is 3. The minimum absolute atomic E-state index is 0.135. The smallest absolute Gasteiger partial charge is 0.376 e. The van der Waals surface area contributed by atoms with Gasteiger partial charge in [-0.05, 0) is 26.7 Å². The SMILES string of the molecule is CC1=NC(C(F)(F)F)(C(F)(F)F)N=C(C)N1CC1CCCO1. The maximum absolute atomic E-state index is 13.0. The van der Waals surface area contributed by atoms with E-state index in [1.165, 1.54) is 4.90 Å². The summed E-state index contributed by atoms with van der Waals surface area (Å²) in [5.41, 5.74) is -4.43. The normalized spacial score (nSPS) is 26.0. The minimum atomic E-state index is -5.66. The Balaban J connectivity index is 2.36. The second kappa shape index (κ2) is 5.39. The van der Waals surface area contributed by atoms with Crippen LogP contribution in [0.3, 0.4) is 0 Å². The van der Waals surface area contributed by atoms with Gasteiger partial charge in [0.25, 0.3) is 0 Å². The molecule has 4 nitrogen and oxygen atoms in total. The van der Waals surface area contributed by atoms with Crippen molar-refractivity contribution in [3.63, 3.8) is 0 Å². The summed E-state index contributed by atoms with van der Waals surface area (Å²) < 4.78 is 83.3. The zero-order chi connectivity index (χ0) is 16.8. The van der Waals surface area contributed by atoms with Crippen molar-refractivity contribution in [3.05, 3.63) is 0 Å². The second-order valence-electron chi connectivity index (χ2n) is 5.23. The van der Waals surface area contributed by atoms with Crippen molar-refractivity contribution < 1.29 is 31.1 Å². The van der Waals surface area contributed by atoms with Crippen LogP contribution in [0.25, 0.3) is 0 Å². The molecule has 2 aliphatic heterocycles. The van der Waals surface area contributed by atoms with Crippen molar-refractivity contribution >= 4 is 11.7 Å². The van der Waals surface area contributed by atoms with E-state index in [0.29, 0.717) is 13.0 Å². The van der Waals surface area contributed by atoms with Gasteiger partial charge in [-0.3, -0.25) is 0 Å². The summed E-state index contributed by atoms with van der Waals surface area (Å²) in [4.78, 5) is 6.99. The number of amidine groups is 2. The van der Waals surface area contributed by atoms with Crippen molar-refractivity contribution in [2.45, 2.75) is 50.8 Å². The molecule has 0 spiro atoms. The van der Waals surface area contributed by atoms with Crippen LogP contribution in [0.1, 0.15) is 26.7 Å². The van der Waals surface area contributed by atoms with Gasteiger partial charge in [0.05, 0.1) is 12.6 Å². The number of rotatable bonds is 2. The molecule has 0 aromatic carbocycles. The molecule has 2 heterocycles. The molecule has 2 aliphatic rings. The summed E-state index contributed by atoms with van der Waals surface area (Å²) in [6.07, 6.45) is -10.1. The highest BCUT2D eigenvalue weighted by Gasteiger charge is 2.73. The van der Waals surface area contributed by atoms with Gasteiger partial charge >= 0.3 is 18.0 Å². The molecule has 126 valence electrons. The highest BCUT2D eigenvalue weighted by atomic mass is 19.4. The van der Waals surface area contributed by atoms with Crippen molar-refractivity contribution in [1.29, 1.82) is 0 Å². The molecule has 0 radical (unpaired) electrons. The molecule has 22 heavy (non-hydrogen) atoms. The molecule has 0 aliphatic carbocycles. The molecule has 1 unspecified atom stereocenters. The predicted octanol–water partition coefficient (Wildman–Crippen LogP) is 3.14. The zero-order valence-corrected chi connectivity index (χ0v) is 11.9. The summed E-state index contributed by atoms with van der Waals surface area (Å²) in [5, 5.41) is 0. The topological polar surface area (TPSA) is 37.2 Å². The fourth-order valence-corrected chi connectivity index (χ4v) is 2.52. The van der Waals surface area contributed by atoms with Gasteiger partial charge in [0.15, 0.2) is 0 Å². The summed E-state index contributed by atoms with van der Waals surface area (Å²) in [7, 11) is 0. The van der Waals surface area contributed by atoms with Gasteiger partial charge in [-0.2, -0.15) is 26.3 Å². The maximum Gasteiger partial charge on any atom is 0.443 e. The lowest BCUT2D eigenvalue weighted by Gasteiger charge is -2.38. The number of halogens is 6. The van der Waals surface area contributed by atoms with Gasteiger partial charge in [-0.15, -0.1) is 0 Å². The molecule has 10 heteroatoms. The summed E-state index contributed by atoms with van der Waals surface area (Å²) in [6.45, 7) is 2.88. The zero-order valence-electron chi connectivity index (χ0n) is 11.9. The Hall–Kier alpha value is -1.32. The molecule has 0 aromatic heterocycles. The number of hydrogen-bond donors (Lipinski definition) is 0. The Kier molecular flexibility index (Phi) is 4.18. The van der Waals surface area contributed by atoms with E-state index in [4.69, 9.17) is 4.74 Å². The average molecular weight is 331 g/mol. The summed E-state index contributed by atoms with van der Waals surface area (Å²) in [6, 6.07) is 0. The van der Waals surface area contributed by atoms with Crippen LogP contribution in [0.15, 0.2) is 9.98 Å². The highest BCUT2D eigenvalue weighted by molar-refractivity contribution is 6.00. The van der Waals surface area contributed by atoms with Gasteiger partial charge in [0, 0.05) is 6.61 Å². The summed E-state index contributed by atoms with van der Waals surface area (Å²) >= 11 is 0. The fraction of sp³-hybridized carbons (Fsp3) is 0.833. The van der Waals surface area contributed by atoms with E-state index < -0.39 is 18.0 Å². The molecular weight excluding hydrogens is 316 g/mol. The molecular formula is C12H15F6N3O. The van der Waals surface area contributed by atoms with Crippen LogP contribution >= 0.6 is 0 Å². The van der Waals surface area contributed by atoms with E-state index in [0.717, 1.165) is 20.3 Å². The lowest BCUT2D eigenvalue weighted by Crippen LogP contribution is -2.59. The lowest BCUT2D eigenvalue weighted by molar-refractivity contribution is -0.293. The van der Waals surface area contributed by atoms with Gasteiger partial charge < -0.3 is 9.64 Å². The van der Waals surface area contributed by atoms with Crippen LogP contribution in [0.4, 0.5) is 26.3 Å². The highest BCUT2D eigenvalue weighted by Crippen LogP contribution is 2.48. The number of ether oxygens (including phenoxy) is 1. The predicted molar refractivity (Wildman–Crippen MR) is 66.7 cm³/mol. The molecule has 0 amide bonds. The van der Waals surface area contributed by atoms with Crippen molar-refractivity contribution in [1.82, 2.24) is 4.90 Å². The van der Waals surface area contributed by atoms with E-state index in [-0.39, 0.29) is 24.3 Å². The monoisotopic (exact) mass is 331 g/mol. The van der Waals surface area contributed by atoms with Crippen LogP contribution in [-0.4, -0.2) is 53.8 Å². The fourth-order valence-electron chi connectivity index (χ4n) is 2.52. The third kappa shape index (κ3) is 2.80. The summed E-state index contributed by atoms with van der Waals surface area (Å²) in [5.74, 6) is -0.754. The Morgan fingerprint density at radius 2 is 1.59 bits per heavy atom. The number of aliphatic imine (C=N–C) groups is 2. The Morgan fingerprint density at radius 1 is 1.09 bits per heavy atom. The van der Waals surface area contributed by atoms with E-state index in [1.807, 2.05) is 0 Å². The van der Waals surface area contributed by atoms with Crippen molar-refractivity contribution in [3.8, 4) is 0 Å². The number of alkyl halides is 6. The third-order valence-corrected chi connectivity index (χ3v) is 3.63. The molecule has 1 fully saturated rings. The Bertz CT molecular complexity index is 454. The van der Waals surface area contributed by atoms with Crippen LogP contribution in [0.5, 0.6) is 0 Å². The van der Waals surface area contributed by atoms with Crippen LogP contribution in [-0.2, 0) is 4.74 Å². The largest absolute Gasteiger partial charge is 0.443 e. The van der Waals surface area contributed by atoms with E-state index in [2.05, 4.69) is 9.98 Å². The van der Waals surface area contributed by atoms with E-state index in [1.54, 1.807) is 0 Å². The third-order valence-electron chi connectivity index (χ3n) is 3.63. The first kappa shape index (κ1) is 17.0. The average Bonchev–Trinajstić information content (AvgIpc) is 2.83. The molecule has 1 atom stereocenters. The Labute approximate surface area is 122 Å². The van der Waals surface area contributed by atoms with Crippen molar-refractivity contribution in [2.75, 3.05) is 13.2 Å². The number of hydrogen-bond acceptors (Lipinski definition) is 4. The first-order valence-corrected chi connectivity index (χ1v) is 6.63. The Morgan fingerprint density at radius 3 is 1.95 bits per heavy atom. The second-order valence-corrected chi connectivity index (χ2v) is 5.23. The lowest BCUT2D eigenvalue weighted by atomic mass is 10.1. The molecule has 0 N–H and O–H groups in total. The quantitative estimate of drug-likeness (QED) is 0.729. The molecule has 0 bridgehead atoms. The van der Waals surface area contributed by atoms with Crippen LogP contribution < -0.4 is 0 Å². The van der Waals surface area contributed by atoms with Gasteiger partial charge in [0.2, 0.25) is 0 Å². The van der Waals surface area contributed by atoms with Gasteiger partial charge in [0.1, 0.15) is 11.7 Å².